The van der Waals surface area contributed by atoms with Crippen molar-refractivity contribution in [2.45, 2.75) is 32.8 Å². The van der Waals surface area contributed by atoms with Crippen LogP contribution in [-0.2, 0) is 4.79 Å². The monoisotopic (exact) mass is 489 g/mol. The van der Waals surface area contributed by atoms with Crippen LogP contribution in [0.5, 0.6) is 11.5 Å². The number of hydrogen-bond acceptors (Lipinski definition) is 5. The molecule has 4 N–H and O–H groups in total. The highest BCUT2D eigenvalue weighted by molar-refractivity contribution is 6.10. The molecule has 7 nitrogen and oxygen atoms in total. The van der Waals surface area contributed by atoms with Gasteiger partial charge in [0.15, 0.2) is 0 Å². The molecule has 190 valence electrons. The van der Waals surface area contributed by atoms with Crippen molar-refractivity contribution in [3.8, 4) is 11.5 Å². The first-order valence-corrected chi connectivity index (χ1v) is 12.5. The molecule has 0 aliphatic heterocycles. The van der Waals surface area contributed by atoms with E-state index < -0.39 is 6.10 Å². The smallest absolute Gasteiger partial charge is 0.217 e. The number of benzene rings is 3. The number of nitrogens with zero attached hydrogens (tertiary/aromatic N) is 1. The van der Waals surface area contributed by atoms with Crippen LogP contribution in [0, 0.1) is 5.92 Å². The van der Waals surface area contributed by atoms with Crippen LogP contribution in [0.2, 0.25) is 0 Å². The highest BCUT2D eigenvalue weighted by Gasteiger charge is 2.16. The highest BCUT2D eigenvalue weighted by atomic mass is 16.5. The zero-order valence-electron chi connectivity index (χ0n) is 20.9. The van der Waals surface area contributed by atoms with Gasteiger partial charge >= 0.3 is 0 Å². The average molecular weight is 490 g/mol. The molecule has 3 aromatic carbocycles. The predicted octanol–water partition coefficient (Wildman–Crippen LogP) is 4.87. The van der Waals surface area contributed by atoms with Crippen LogP contribution < -0.4 is 20.1 Å². The lowest BCUT2D eigenvalue weighted by Crippen LogP contribution is -2.37. The molecule has 0 saturated heterocycles. The van der Waals surface area contributed by atoms with E-state index >= 15 is 0 Å². The molecule has 1 atom stereocenters. The molecule has 4 rings (SSSR count). The summed E-state index contributed by atoms with van der Waals surface area (Å²) in [6.45, 7) is 6.19. The van der Waals surface area contributed by atoms with E-state index in [4.69, 9.17) is 15.2 Å². The fourth-order valence-corrected chi connectivity index (χ4v) is 4.40. The molecule has 0 aliphatic rings. The van der Waals surface area contributed by atoms with Crippen LogP contribution in [-0.4, -0.2) is 48.4 Å². The Morgan fingerprint density at radius 1 is 0.972 bits per heavy atom. The molecule has 0 saturated carbocycles. The van der Waals surface area contributed by atoms with Crippen molar-refractivity contribution in [3.05, 3.63) is 66.7 Å². The molecule has 0 bridgehead atoms. The van der Waals surface area contributed by atoms with Crippen molar-refractivity contribution in [3.63, 3.8) is 0 Å². The van der Waals surface area contributed by atoms with Gasteiger partial charge in [0.25, 0.3) is 0 Å². The summed E-state index contributed by atoms with van der Waals surface area (Å²) in [6, 6.07) is 21.9. The summed E-state index contributed by atoms with van der Waals surface area (Å²) in [5.74, 6) is 1.60. The first kappa shape index (κ1) is 25.4. The second-order valence-corrected chi connectivity index (χ2v) is 9.53. The predicted molar refractivity (Wildman–Crippen MR) is 145 cm³/mol. The van der Waals surface area contributed by atoms with Crippen LogP contribution in [0.15, 0.2) is 66.7 Å². The highest BCUT2D eigenvalue weighted by Crippen LogP contribution is 2.33. The number of nitrogens with two attached hydrogens (primary N) is 1. The van der Waals surface area contributed by atoms with E-state index in [1.807, 2.05) is 54.6 Å². The number of aromatic nitrogens is 1. The maximum atomic E-state index is 10.9. The fraction of sp³-hybridized carbons (Fsp3) is 0.345. The van der Waals surface area contributed by atoms with Gasteiger partial charge in [-0.3, -0.25) is 4.79 Å². The van der Waals surface area contributed by atoms with Gasteiger partial charge in [-0.2, -0.15) is 0 Å². The standard InChI is InChI=1S/C29H35N3O4/c1-20(2)17-32(21-12-14-23(15-13-21)35-16-6-11-28(30)34)18-22(33)19-36-27-10-5-9-26-29(27)24-7-3-4-8-25(24)31-26/h3-5,7-10,12-15,20,22,31,33H,6,11,16-19H2,1-2H3,(H2,30,34)/t22-/m0/s1. The Hall–Kier alpha value is -3.71. The Kier molecular flexibility index (Phi) is 8.33. The molecule has 0 radical (unpaired) electrons. The first-order chi connectivity index (χ1) is 17.4. The number of primary amides is 1. The van der Waals surface area contributed by atoms with Crippen molar-refractivity contribution in [2.75, 3.05) is 31.2 Å². The molecule has 4 aromatic rings. The normalized spacial score (nSPS) is 12.2. The average Bonchev–Trinajstić information content (AvgIpc) is 3.24. The van der Waals surface area contributed by atoms with Crippen LogP contribution in [0.3, 0.4) is 0 Å². The lowest BCUT2D eigenvalue weighted by molar-refractivity contribution is -0.118. The number of rotatable bonds is 13. The summed E-state index contributed by atoms with van der Waals surface area (Å²) < 4.78 is 11.8. The fourth-order valence-electron chi connectivity index (χ4n) is 4.40. The molecule has 36 heavy (non-hydrogen) atoms. The van der Waals surface area contributed by atoms with Crippen LogP contribution in [0.25, 0.3) is 21.8 Å². The van der Waals surface area contributed by atoms with Crippen molar-refractivity contribution >= 4 is 33.4 Å². The van der Waals surface area contributed by atoms with Gasteiger partial charge in [-0.15, -0.1) is 0 Å². The second-order valence-electron chi connectivity index (χ2n) is 9.53. The third-order valence-electron chi connectivity index (χ3n) is 5.98. The number of para-hydroxylation sites is 1. The number of amides is 1. The van der Waals surface area contributed by atoms with Gasteiger partial charge in [0.1, 0.15) is 24.2 Å². The summed E-state index contributed by atoms with van der Waals surface area (Å²) >= 11 is 0. The minimum atomic E-state index is -0.672. The Morgan fingerprint density at radius 3 is 2.47 bits per heavy atom. The number of carbonyl (C=O) groups excluding carboxylic acids is 1. The third kappa shape index (κ3) is 6.49. The van der Waals surface area contributed by atoms with Gasteiger partial charge in [-0.1, -0.05) is 38.1 Å². The SMILES string of the molecule is CC(C)CN(C[C@H](O)COc1cccc2[nH]c3ccccc3c12)c1ccc(OCCCC(N)=O)cc1. The topological polar surface area (TPSA) is 101 Å². The van der Waals surface area contributed by atoms with Gasteiger partial charge in [0.05, 0.1) is 12.1 Å². The van der Waals surface area contributed by atoms with Crippen LogP contribution in [0.4, 0.5) is 5.69 Å². The molecule has 1 heterocycles. The number of ether oxygens (including phenoxy) is 2. The molecule has 1 amide bonds. The van der Waals surface area contributed by atoms with Crippen molar-refractivity contribution in [1.82, 2.24) is 4.98 Å². The number of fused-ring (bicyclic) bond motifs is 3. The molecule has 0 aliphatic carbocycles. The van der Waals surface area contributed by atoms with Crippen LogP contribution >= 0.6 is 0 Å². The third-order valence-corrected chi connectivity index (χ3v) is 5.98. The summed E-state index contributed by atoms with van der Waals surface area (Å²) in [7, 11) is 0. The summed E-state index contributed by atoms with van der Waals surface area (Å²) in [5.41, 5.74) is 8.25. The number of hydrogen-bond donors (Lipinski definition) is 3. The number of aliphatic hydroxyl groups excluding tert-OH is 1. The second kappa shape index (κ2) is 11.8. The number of H-pyrrole nitrogens is 1. The van der Waals surface area contributed by atoms with Crippen molar-refractivity contribution < 1.29 is 19.4 Å². The lowest BCUT2D eigenvalue weighted by atomic mass is 10.1. The minimum Gasteiger partial charge on any atom is -0.494 e. The molecule has 0 fully saturated rings. The summed E-state index contributed by atoms with van der Waals surface area (Å²) in [6.07, 6.45) is 0.235. The molecule has 0 unspecified atom stereocenters. The summed E-state index contributed by atoms with van der Waals surface area (Å²) in [5, 5.41) is 13.0. The Balaban J connectivity index is 1.39. The van der Waals surface area contributed by atoms with Crippen LogP contribution in [0.1, 0.15) is 26.7 Å². The van der Waals surface area contributed by atoms with E-state index in [1.165, 1.54) is 0 Å². The number of nitrogens with one attached hydrogen (secondary N) is 1. The number of aromatic amines is 1. The minimum absolute atomic E-state index is 0.189. The first-order valence-electron chi connectivity index (χ1n) is 12.5. The number of aliphatic hydroxyl groups is 1. The van der Waals surface area contributed by atoms with E-state index in [0.29, 0.717) is 31.9 Å². The molecule has 7 heteroatoms. The van der Waals surface area contributed by atoms with E-state index in [0.717, 1.165) is 45.5 Å². The van der Waals surface area contributed by atoms with E-state index in [2.05, 4.69) is 35.9 Å². The maximum Gasteiger partial charge on any atom is 0.217 e. The molecule has 0 spiro atoms. The van der Waals surface area contributed by atoms with Gasteiger partial charge < -0.3 is 30.2 Å². The Labute approximate surface area is 211 Å². The van der Waals surface area contributed by atoms with Crippen molar-refractivity contribution in [1.29, 1.82) is 0 Å². The largest absolute Gasteiger partial charge is 0.494 e. The van der Waals surface area contributed by atoms with E-state index in [-0.39, 0.29) is 12.5 Å². The molecule has 1 aromatic heterocycles. The molecular weight excluding hydrogens is 454 g/mol. The Morgan fingerprint density at radius 2 is 1.72 bits per heavy atom. The lowest BCUT2D eigenvalue weighted by Gasteiger charge is -2.29. The van der Waals surface area contributed by atoms with Gasteiger partial charge in [-0.25, -0.2) is 0 Å². The summed E-state index contributed by atoms with van der Waals surface area (Å²) in [4.78, 5) is 16.5. The quantitative estimate of drug-likeness (QED) is 0.233. The van der Waals surface area contributed by atoms with Gasteiger partial charge in [0.2, 0.25) is 5.91 Å². The zero-order valence-corrected chi connectivity index (χ0v) is 20.9. The van der Waals surface area contributed by atoms with Gasteiger partial charge in [-0.05, 0) is 54.8 Å². The zero-order chi connectivity index (χ0) is 25.5. The number of anilines is 1. The van der Waals surface area contributed by atoms with Crippen molar-refractivity contribution in [2.24, 2.45) is 11.7 Å². The number of carbonyl (C=O) groups is 1. The van der Waals surface area contributed by atoms with Gasteiger partial charge in [0, 0.05) is 41.5 Å². The maximum absolute atomic E-state index is 10.9. The molecular formula is C29H35N3O4. The van der Waals surface area contributed by atoms with E-state index in [9.17, 15) is 9.90 Å². The van der Waals surface area contributed by atoms with E-state index in [1.54, 1.807) is 0 Å². The Bertz CT molecular complexity index is 1280.